The summed E-state index contributed by atoms with van der Waals surface area (Å²) in [6.45, 7) is 6.17. The summed E-state index contributed by atoms with van der Waals surface area (Å²) < 4.78 is 5.72. The van der Waals surface area contributed by atoms with Crippen LogP contribution in [0.4, 0.5) is 17.1 Å². The summed E-state index contributed by atoms with van der Waals surface area (Å²) in [4.78, 5) is 15.0. The lowest BCUT2D eigenvalue weighted by Gasteiger charge is -2.37. The van der Waals surface area contributed by atoms with Gasteiger partial charge < -0.3 is 14.5 Å². The molecule has 0 radical (unpaired) electrons. The molecule has 1 heterocycles. The Balaban J connectivity index is 1.66. The number of ether oxygens (including phenoxy) is 1. The van der Waals surface area contributed by atoms with Crippen LogP contribution in [0.25, 0.3) is 0 Å². The quantitative estimate of drug-likeness (QED) is 0.623. The van der Waals surface area contributed by atoms with Gasteiger partial charge in [-0.05, 0) is 31.2 Å². The van der Waals surface area contributed by atoms with Gasteiger partial charge in [-0.3, -0.25) is 10.1 Å². The fourth-order valence-electron chi connectivity index (χ4n) is 2.99. The largest absolute Gasteiger partial charge is 0.492 e. The average molecular weight is 327 g/mol. The highest BCUT2D eigenvalue weighted by Crippen LogP contribution is 2.29. The number of hydrogen-bond donors (Lipinski definition) is 0. The maximum absolute atomic E-state index is 10.7. The smallest absolute Gasteiger partial charge is 0.269 e. The van der Waals surface area contributed by atoms with E-state index in [2.05, 4.69) is 15.9 Å². The number of non-ortho nitro benzene ring substituents is 1. The van der Waals surface area contributed by atoms with E-state index in [-0.39, 0.29) is 10.6 Å². The Bertz CT molecular complexity index is 695. The third-order valence-electron chi connectivity index (χ3n) is 4.21. The van der Waals surface area contributed by atoms with Gasteiger partial charge in [-0.15, -0.1) is 0 Å². The van der Waals surface area contributed by atoms with Crippen molar-refractivity contribution in [2.45, 2.75) is 6.92 Å². The van der Waals surface area contributed by atoms with E-state index >= 15 is 0 Å². The van der Waals surface area contributed by atoms with Gasteiger partial charge in [0.2, 0.25) is 0 Å². The SMILES string of the molecule is CCOc1ccccc1N1CCN(c2ccc([N+](=O)[O-])cc2)CC1. The van der Waals surface area contributed by atoms with E-state index in [4.69, 9.17) is 4.74 Å². The third-order valence-corrected chi connectivity index (χ3v) is 4.21. The highest BCUT2D eigenvalue weighted by Gasteiger charge is 2.20. The van der Waals surface area contributed by atoms with Crippen LogP contribution in [0.2, 0.25) is 0 Å². The summed E-state index contributed by atoms with van der Waals surface area (Å²) in [7, 11) is 0. The molecule has 0 bridgehead atoms. The molecular formula is C18H21N3O3. The summed E-state index contributed by atoms with van der Waals surface area (Å²) >= 11 is 0. The summed E-state index contributed by atoms with van der Waals surface area (Å²) in [6, 6.07) is 14.9. The first-order valence-electron chi connectivity index (χ1n) is 8.15. The molecule has 1 saturated heterocycles. The van der Waals surface area contributed by atoms with Gasteiger partial charge in [0.15, 0.2) is 0 Å². The second-order valence-corrected chi connectivity index (χ2v) is 5.65. The predicted molar refractivity (Wildman–Crippen MR) is 95.1 cm³/mol. The Labute approximate surface area is 141 Å². The molecule has 6 heteroatoms. The van der Waals surface area contributed by atoms with Crippen molar-refractivity contribution in [2.75, 3.05) is 42.6 Å². The van der Waals surface area contributed by atoms with Gasteiger partial charge in [0.05, 0.1) is 17.2 Å². The van der Waals surface area contributed by atoms with Crippen LogP contribution in [0.5, 0.6) is 5.75 Å². The maximum Gasteiger partial charge on any atom is 0.269 e. The van der Waals surface area contributed by atoms with Crippen LogP contribution in [0.1, 0.15) is 6.92 Å². The molecule has 0 saturated carbocycles. The number of nitrogens with zero attached hydrogens (tertiary/aromatic N) is 3. The Hall–Kier alpha value is -2.76. The minimum absolute atomic E-state index is 0.128. The van der Waals surface area contributed by atoms with Gasteiger partial charge in [-0.2, -0.15) is 0 Å². The minimum Gasteiger partial charge on any atom is -0.492 e. The van der Waals surface area contributed by atoms with Crippen molar-refractivity contribution in [3.63, 3.8) is 0 Å². The van der Waals surface area contributed by atoms with Crippen molar-refractivity contribution >= 4 is 17.1 Å². The van der Waals surface area contributed by atoms with Gasteiger partial charge in [0, 0.05) is 44.0 Å². The maximum atomic E-state index is 10.7. The number of nitro benzene ring substituents is 1. The normalized spacial score (nSPS) is 14.5. The van der Waals surface area contributed by atoms with E-state index < -0.39 is 0 Å². The van der Waals surface area contributed by atoms with Crippen LogP contribution in [-0.4, -0.2) is 37.7 Å². The zero-order chi connectivity index (χ0) is 16.9. The number of rotatable bonds is 5. The van der Waals surface area contributed by atoms with Crippen LogP contribution >= 0.6 is 0 Å². The van der Waals surface area contributed by atoms with Crippen molar-refractivity contribution < 1.29 is 9.66 Å². The van der Waals surface area contributed by atoms with Gasteiger partial charge in [0.1, 0.15) is 5.75 Å². The topological polar surface area (TPSA) is 58.8 Å². The first-order valence-corrected chi connectivity index (χ1v) is 8.15. The lowest BCUT2D eigenvalue weighted by atomic mass is 10.2. The lowest BCUT2D eigenvalue weighted by Crippen LogP contribution is -2.46. The number of para-hydroxylation sites is 2. The molecule has 0 N–H and O–H groups in total. The Kier molecular flexibility index (Phi) is 4.84. The number of nitro groups is 1. The molecule has 0 unspecified atom stereocenters. The first-order chi connectivity index (χ1) is 11.7. The summed E-state index contributed by atoms with van der Waals surface area (Å²) in [6.07, 6.45) is 0. The molecule has 126 valence electrons. The third kappa shape index (κ3) is 3.42. The van der Waals surface area contributed by atoms with E-state index in [1.165, 1.54) is 0 Å². The fraction of sp³-hybridized carbons (Fsp3) is 0.333. The number of anilines is 2. The second kappa shape index (κ2) is 7.21. The average Bonchev–Trinajstić information content (AvgIpc) is 2.63. The van der Waals surface area contributed by atoms with Gasteiger partial charge >= 0.3 is 0 Å². The molecule has 0 aromatic heterocycles. The molecule has 0 amide bonds. The van der Waals surface area contributed by atoms with E-state index in [1.54, 1.807) is 12.1 Å². The number of piperazine rings is 1. The van der Waals surface area contributed by atoms with Crippen molar-refractivity contribution in [1.82, 2.24) is 0 Å². The highest BCUT2D eigenvalue weighted by atomic mass is 16.6. The number of hydrogen-bond acceptors (Lipinski definition) is 5. The zero-order valence-corrected chi connectivity index (χ0v) is 13.7. The van der Waals surface area contributed by atoms with Crippen LogP contribution in [0, 0.1) is 10.1 Å². The van der Waals surface area contributed by atoms with Crippen molar-refractivity contribution in [1.29, 1.82) is 0 Å². The van der Waals surface area contributed by atoms with Gasteiger partial charge in [-0.1, -0.05) is 12.1 Å². The molecule has 2 aromatic rings. The van der Waals surface area contributed by atoms with Crippen molar-refractivity contribution in [3.05, 3.63) is 58.6 Å². The van der Waals surface area contributed by atoms with Gasteiger partial charge in [-0.25, -0.2) is 0 Å². The molecular weight excluding hydrogens is 306 g/mol. The lowest BCUT2D eigenvalue weighted by molar-refractivity contribution is -0.384. The van der Waals surface area contributed by atoms with Gasteiger partial charge in [0.25, 0.3) is 5.69 Å². The van der Waals surface area contributed by atoms with E-state index in [0.29, 0.717) is 6.61 Å². The Morgan fingerprint density at radius 2 is 1.62 bits per heavy atom. The molecule has 1 aliphatic heterocycles. The molecule has 2 aromatic carbocycles. The van der Waals surface area contributed by atoms with E-state index in [1.807, 2.05) is 37.3 Å². The van der Waals surface area contributed by atoms with Crippen LogP contribution in [0.15, 0.2) is 48.5 Å². The Morgan fingerprint density at radius 1 is 1.00 bits per heavy atom. The fourth-order valence-corrected chi connectivity index (χ4v) is 2.99. The van der Waals surface area contributed by atoms with Crippen molar-refractivity contribution in [3.8, 4) is 5.75 Å². The first kappa shape index (κ1) is 16.1. The molecule has 1 aliphatic rings. The standard InChI is InChI=1S/C18H21N3O3/c1-2-24-18-6-4-3-5-17(18)20-13-11-19(12-14-20)15-7-9-16(10-8-15)21(22)23/h3-10H,2,11-14H2,1H3. The molecule has 0 spiro atoms. The predicted octanol–water partition coefficient (Wildman–Crippen LogP) is 3.32. The van der Waals surface area contributed by atoms with Crippen molar-refractivity contribution in [2.24, 2.45) is 0 Å². The molecule has 24 heavy (non-hydrogen) atoms. The summed E-state index contributed by atoms with van der Waals surface area (Å²) in [5, 5.41) is 10.7. The molecule has 3 rings (SSSR count). The number of benzene rings is 2. The van der Waals surface area contributed by atoms with Crippen LogP contribution in [-0.2, 0) is 0 Å². The minimum atomic E-state index is -0.369. The molecule has 1 fully saturated rings. The highest BCUT2D eigenvalue weighted by molar-refractivity contribution is 5.60. The monoisotopic (exact) mass is 327 g/mol. The molecule has 0 aliphatic carbocycles. The summed E-state index contributed by atoms with van der Waals surface area (Å²) in [5.74, 6) is 0.920. The Morgan fingerprint density at radius 3 is 2.25 bits per heavy atom. The van der Waals surface area contributed by atoms with Crippen LogP contribution in [0.3, 0.4) is 0 Å². The zero-order valence-electron chi connectivity index (χ0n) is 13.7. The van der Waals surface area contributed by atoms with Crippen LogP contribution < -0.4 is 14.5 Å². The van der Waals surface area contributed by atoms with E-state index in [0.717, 1.165) is 43.3 Å². The van der Waals surface area contributed by atoms with E-state index in [9.17, 15) is 10.1 Å². The summed E-state index contributed by atoms with van der Waals surface area (Å²) in [5.41, 5.74) is 2.28. The molecule has 6 nitrogen and oxygen atoms in total. The second-order valence-electron chi connectivity index (χ2n) is 5.65. The molecule has 0 atom stereocenters.